The van der Waals surface area contributed by atoms with E-state index in [2.05, 4.69) is 5.32 Å². The molecule has 2 aromatic carbocycles. The fraction of sp³-hybridized carbons (Fsp3) is 0.300. The molecule has 1 aliphatic heterocycles. The van der Waals surface area contributed by atoms with Crippen molar-refractivity contribution in [2.75, 3.05) is 18.9 Å². The molecule has 0 aliphatic carbocycles. The zero-order valence-corrected chi connectivity index (χ0v) is 15.2. The lowest BCUT2D eigenvalue weighted by atomic mass is 9.87. The van der Waals surface area contributed by atoms with E-state index >= 15 is 0 Å². The smallest absolute Gasteiger partial charge is 0.344 e. The summed E-state index contributed by atoms with van der Waals surface area (Å²) in [5.41, 5.74) is -0.584. The van der Waals surface area contributed by atoms with E-state index in [1.165, 1.54) is 42.3 Å². The molecule has 0 aromatic heterocycles. The van der Waals surface area contributed by atoms with Gasteiger partial charge in [-0.2, -0.15) is 13.2 Å². The summed E-state index contributed by atoms with van der Waals surface area (Å²) in [4.78, 5) is 26.5. The average molecular weight is 412 g/mol. The van der Waals surface area contributed by atoms with Crippen LogP contribution < -0.4 is 5.32 Å². The number of alkyl halides is 5. The zero-order valence-electron chi connectivity index (χ0n) is 15.2. The number of likely N-dealkylation sites (tertiary alicyclic amines) is 1. The van der Waals surface area contributed by atoms with Crippen LogP contribution in [-0.2, 0) is 15.8 Å². The molecule has 1 aliphatic rings. The quantitative estimate of drug-likeness (QED) is 0.596. The van der Waals surface area contributed by atoms with Crippen LogP contribution in [0.3, 0.4) is 0 Å². The van der Waals surface area contributed by atoms with E-state index in [0.29, 0.717) is 5.56 Å². The molecule has 3 rings (SSSR count). The number of benzene rings is 2. The highest BCUT2D eigenvalue weighted by Gasteiger charge is 2.44. The maximum atomic E-state index is 12.8. The van der Waals surface area contributed by atoms with Crippen LogP contribution in [0.4, 0.5) is 27.6 Å². The molecule has 1 heterocycles. The van der Waals surface area contributed by atoms with Crippen LogP contribution in [-0.4, -0.2) is 30.3 Å². The number of rotatable bonds is 4. The Morgan fingerprint density at radius 1 is 1.14 bits per heavy atom. The molecule has 0 radical (unpaired) electrons. The summed E-state index contributed by atoms with van der Waals surface area (Å²) < 4.78 is 64.0. The van der Waals surface area contributed by atoms with Crippen molar-refractivity contribution in [3.05, 3.63) is 65.2 Å². The third-order valence-electron chi connectivity index (χ3n) is 4.87. The number of carbonyl (C=O) groups excluding carboxylic acids is 2. The van der Waals surface area contributed by atoms with Crippen molar-refractivity contribution in [2.24, 2.45) is 5.92 Å². The third-order valence-corrected chi connectivity index (χ3v) is 4.87. The number of halogens is 5. The minimum Gasteiger partial charge on any atom is -0.344 e. The number of carbonyl (C=O) groups is 2. The monoisotopic (exact) mass is 412 g/mol. The minimum absolute atomic E-state index is 0.112. The first-order valence-electron chi connectivity index (χ1n) is 8.69. The summed E-state index contributed by atoms with van der Waals surface area (Å²) in [6.45, 7) is 0.152. The number of hydrogen-bond acceptors (Lipinski definition) is 2. The number of anilines is 1. The Balaban J connectivity index is 1.84. The second-order valence-electron chi connectivity index (χ2n) is 6.84. The first-order valence-corrected chi connectivity index (χ1v) is 8.69. The van der Waals surface area contributed by atoms with Gasteiger partial charge in [-0.1, -0.05) is 24.3 Å². The van der Waals surface area contributed by atoms with Crippen molar-refractivity contribution in [3.63, 3.8) is 0 Å². The Morgan fingerprint density at radius 2 is 1.79 bits per heavy atom. The molecule has 0 bridgehead atoms. The minimum atomic E-state index is -4.49. The lowest BCUT2D eigenvalue weighted by molar-refractivity contribution is -0.138. The molecule has 2 aromatic rings. The van der Waals surface area contributed by atoms with E-state index in [1.54, 1.807) is 0 Å². The molecule has 4 nitrogen and oxygen atoms in total. The molecule has 2 atom stereocenters. The van der Waals surface area contributed by atoms with Gasteiger partial charge in [0.05, 0.1) is 5.56 Å². The largest absolute Gasteiger partial charge is 0.416 e. The maximum absolute atomic E-state index is 12.8. The van der Waals surface area contributed by atoms with Gasteiger partial charge in [0, 0.05) is 30.8 Å². The van der Waals surface area contributed by atoms with Gasteiger partial charge < -0.3 is 10.2 Å². The van der Waals surface area contributed by atoms with Crippen LogP contribution in [0.5, 0.6) is 0 Å². The normalized spacial score (nSPS) is 19.7. The number of nitrogens with zero attached hydrogens (tertiary/aromatic N) is 1. The fourth-order valence-corrected chi connectivity index (χ4v) is 3.38. The molecule has 0 spiro atoms. The first-order chi connectivity index (χ1) is 13.6. The van der Waals surface area contributed by atoms with Gasteiger partial charge in [0.2, 0.25) is 11.8 Å². The number of hydrogen-bond donors (Lipinski definition) is 1. The molecule has 0 saturated carbocycles. The Hall–Kier alpha value is -2.97. The Bertz CT molecular complexity index is 912. The van der Waals surface area contributed by atoms with Crippen molar-refractivity contribution in [1.29, 1.82) is 0 Å². The lowest BCUT2D eigenvalue weighted by Crippen LogP contribution is -2.32. The van der Waals surface area contributed by atoms with Gasteiger partial charge in [-0.3, -0.25) is 9.59 Å². The molecular formula is C20H17F5N2O2. The Morgan fingerprint density at radius 3 is 2.38 bits per heavy atom. The van der Waals surface area contributed by atoms with Gasteiger partial charge >= 0.3 is 6.18 Å². The highest BCUT2D eigenvalue weighted by molar-refractivity contribution is 6.08. The fourth-order valence-electron chi connectivity index (χ4n) is 3.38. The van der Waals surface area contributed by atoms with Crippen molar-refractivity contribution in [3.8, 4) is 0 Å². The standard InChI is InChI=1S/C20H17F5N2O2/c1-27-10-15(11-5-7-13(8-6-11)20(23,24)25)16(19(27)29)18(28)26-14-4-2-3-12(9-14)17(21)22/h2-9,15-17H,10H2,1H3,(H,26,28)/t15-,16+/m1/s1. The van der Waals surface area contributed by atoms with Crippen LogP contribution in [0.1, 0.15) is 29.0 Å². The molecule has 154 valence electrons. The average Bonchev–Trinajstić information content (AvgIpc) is 2.96. The van der Waals surface area contributed by atoms with Gasteiger partial charge in [0.1, 0.15) is 5.92 Å². The number of likely N-dealkylation sites (N-methyl/N-ethyl adjacent to an activating group) is 1. The van der Waals surface area contributed by atoms with E-state index in [9.17, 15) is 31.5 Å². The maximum Gasteiger partial charge on any atom is 0.416 e. The summed E-state index contributed by atoms with van der Waals surface area (Å²) in [7, 11) is 1.49. The second kappa shape index (κ2) is 7.81. The molecule has 1 fully saturated rings. The van der Waals surface area contributed by atoms with E-state index in [0.717, 1.165) is 18.2 Å². The third kappa shape index (κ3) is 4.38. The summed E-state index contributed by atoms with van der Waals surface area (Å²) >= 11 is 0. The van der Waals surface area contributed by atoms with Crippen molar-refractivity contribution in [2.45, 2.75) is 18.5 Å². The van der Waals surface area contributed by atoms with Crippen LogP contribution in [0.25, 0.3) is 0 Å². The van der Waals surface area contributed by atoms with Crippen LogP contribution in [0.15, 0.2) is 48.5 Å². The van der Waals surface area contributed by atoms with Gasteiger partial charge in [0.25, 0.3) is 6.43 Å². The van der Waals surface area contributed by atoms with Crippen molar-refractivity contribution >= 4 is 17.5 Å². The highest BCUT2D eigenvalue weighted by atomic mass is 19.4. The second-order valence-corrected chi connectivity index (χ2v) is 6.84. The predicted octanol–water partition coefficient (Wildman–Crippen LogP) is 4.45. The number of nitrogens with one attached hydrogen (secondary N) is 1. The van der Waals surface area contributed by atoms with Gasteiger partial charge in [-0.05, 0) is 29.8 Å². The summed E-state index contributed by atoms with van der Waals surface area (Å²) in [5, 5.41) is 2.47. The highest BCUT2D eigenvalue weighted by Crippen LogP contribution is 2.36. The first kappa shape index (κ1) is 20.8. The molecule has 0 unspecified atom stereocenters. The molecule has 2 amide bonds. The number of amides is 2. The van der Waals surface area contributed by atoms with Crippen LogP contribution >= 0.6 is 0 Å². The zero-order chi connectivity index (χ0) is 21.3. The van der Waals surface area contributed by atoms with Crippen LogP contribution in [0.2, 0.25) is 0 Å². The van der Waals surface area contributed by atoms with Crippen LogP contribution in [0, 0.1) is 5.92 Å². The van der Waals surface area contributed by atoms with E-state index in [-0.39, 0.29) is 17.8 Å². The topological polar surface area (TPSA) is 49.4 Å². The summed E-state index contributed by atoms with van der Waals surface area (Å²) in [5.74, 6) is -3.02. The van der Waals surface area contributed by atoms with Gasteiger partial charge in [-0.25, -0.2) is 8.78 Å². The van der Waals surface area contributed by atoms with E-state index in [1.807, 2.05) is 0 Å². The predicted molar refractivity (Wildman–Crippen MR) is 95.3 cm³/mol. The van der Waals surface area contributed by atoms with Crippen molar-refractivity contribution < 1.29 is 31.5 Å². The van der Waals surface area contributed by atoms with Gasteiger partial charge in [-0.15, -0.1) is 0 Å². The van der Waals surface area contributed by atoms with E-state index < -0.39 is 41.8 Å². The van der Waals surface area contributed by atoms with Crippen molar-refractivity contribution in [1.82, 2.24) is 4.90 Å². The van der Waals surface area contributed by atoms with E-state index in [4.69, 9.17) is 0 Å². The molecular weight excluding hydrogens is 395 g/mol. The Kier molecular flexibility index (Phi) is 5.59. The molecule has 1 saturated heterocycles. The summed E-state index contributed by atoms with van der Waals surface area (Å²) in [6, 6.07) is 9.39. The lowest BCUT2D eigenvalue weighted by Gasteiger charge is -2.18. The van der Waals surface area contributed by atoms with Gasteiger partial charge in [0.15, 0.2) is 0 Å². The summed E-state index contributed by atoms with van der Waals surface area (Å²) in [6.07, 6.45) is -7.21. The molecule has 1 N–H and O–H groups in total. The Labute approximate surface area is 163 Å². The molecule has 29 heavy (non-hydrogen) atoms. The SMILES string of the molecule is CN1C[C@H](c2ccc(C(F)(F)F)cc2)[C@@H](C(=O)Nc2cccc(C(F)F)c2)C1=O. The molecule has 9 heteroatoms.